The van der Waals surface area contributed by atoms with Crippen LogP contribution in [0.5, 0.6) is 0 Å². The van der Waals surface area contributed by atoms with Gasteiger partial charge in [0.2, 0.25) is 0 Å². The van der Waals surface area contributed by atoms with E-state index in [4.69, 9.17) is 27.6 Å². The van der Waals surface area contributed by atoms with E-state index in [-0.39, 0.29) is 5.88 Å². The number of nitrogens with two attached hydrogens (primary N) is 1. The largest absolute Gasteiger partial charge is 0.393 e. The Morgan fingerprint density at radius 3 is 3.00 bits per heavy atom. The molecule has 0 bridgehead atoms. The van der Waals surface area contributed by atoms with Crippen molar-refractivity contribution in [1.82, 2.24) is 9.97 Å². The van der Waals surface area contributed by atoms with Crippen molar-refractivity contribution in [2.45, 2.75) is 23.9 Å². The van der Waals surface area contributed by atoms with Crippen LogP contribution in [-0.4, -0.2) is 50.4 Å². The standard InChI is InChI=1S/C12H13ClN6O3S/c13-2-12(3-20)10(21)7(18-19-15)8(22-12)5-1-23-9-6(5)16-4-17-11(9)14/h1,4,7-8,10,20-21H,2-3H2,(H2,14,16,17)/t7?,8-,10-,12+/m0/s1. The molecule has 2 aromatic heterocycles. The summed E-state index contributed by atoms with van der Waals surface area (Å²) in [6.45, 7) is -0.509. The van der Waals surface area contributed by atoms with Crippen LogP contribution in [-0.2, 0) is 4.74 Å². The van der Waals surface area contributed by atoms with E-state index in [0.29, 0.717) is 21.6 Å². The first-order valence-electron chi connectivity index (χ1n) is 6.62. The lowest BCUT2D eigenvalue weighted by Crippen LogP contribution is -2.47. The number of nitrogens with zero attached hydrogens (tertiary/aromatic N) is 5. The SMILES string of the molecule is [N-]=[N+]=NC1[C@H](c2csc3c(N)ncnc23)O[C@@](CO)(CCl)[C@H]1O. The molecule has 0 amide bonds. The van der Waals surface area contributed by atoms with Gasteiger partial charge in [-0.15, -0.1) is 22.9 Å². The highest BCUT2D eigenvalue weighted by atomic mass is 35.5. The molecule has 1 fully saturated rings. The van der Waals surface area contributed by atoms with Crippen molar-refractivity contribution < 1.29 is 14.9 Å². The summed E-state index contributed by atoms with van der Waals surface area (Å²) in [5.74, 6) is 0.175. The first-order valence-corrected chi connectivity index (χ1v) is 8.04. The number of alkyl halides is 1. The Balaban J connectivity index is 2.12. The second-order valence-electron chi connectivity index (χ2n) is 5.16. The normalized spacial score (nSPS) is 30.5. The van der Waals surface area contributed by atoms with Gasteiger partial charge in [-0.25, -0.2) is 9.97 Å². The Morgan fingerprint density at radius 2 is 2.35 bits per heavy atom. The van der Waals surface area contributed by atoms with Crippen LogP contribution < -0.4 is 5.73 Å². The van der Waals surface area contributed by atoms with Crippen molar-refractivity contribution in [3.8, 4) is 0 Å². The van der Waals surface area contributed by atoms with Gasteiger partial charge in [0.1, 0.15) is 17.7 Å². The van der Waals surface area contributed by atoms with E-state index in [9.17, 15) is 10.2 Å². The second kappa shape index (κ2) is 6.08. The number of aliphatic hydroxyl groups is 2. The van der Waals surface area contributed by atoms with E-state index < -0.39 is 30.5 Å². The molecule has 0 aliphatic carbocycles. The first-order chi connectivity index (χ1) is 11.1. The third kappa shape index (κ3) is 2.40. The predicted octanol–water partition coefficient (Wildman–Crippen LogP) is 1.35. The summed E-state index contributed by atoms with van der Waals surface area (Å²) in [6, 6.07) is -0.945. The molecule has 0 saturated carbocycles. The molecule has 0 radical (unpaired) electrons. The fourth-order valence-corrected chi connectivity index (χ4v) is 3.92. The average Bonchev–Trinajstić information content (AvgIpc) is 3.10. The monoisotopic (exact) mass is 356 g/mol. The number of hydrogen-bond donors (Lipinski definition) is 3. The number of hydrogen-bond acceptors (Lipinski definition) is 8. The number of rotatable bonds is 4. The average molecular weight is 357 g/mol. The van der Waals surface area contributed by atoms with Gasteiger partial charge >= 0.3 is 0 Å². The third-order valence-electron chi connectivity index (χ3n) is 3.93. The number of thiophene rings is 1. The summed E-state index contributed by atoms with van der Waals surface area (Å²) in [6.07, 6.45) is -0.724. The van der Waals surface area contributed by atoms with Crippen LogP contribution in [0.4, 0.5) is 5.82 Å². The molecule has 3 rings (SSSR count). The summed E-state index contributed by atoms with van der Waals surface area (Å²) < 4.78 is 6.50. The fourth-order valence-electron chi connectivity index (χ4n) is 2.67. The molecular weight excluding hydrogens is 344 g/mol. The van der Waals surface area contributed by atoms with Gasteiger partial charge in [0.25, 0.3) is 0 Å². The lowest BCUT2D eigenvalue weighted by atomic mass is 9.94. The molecule has 1 aliphatic heterocycles. The number of aliphatic hydroxyl groups excluding tert-OH is 2. The third-order valence-corrected chi connectivity index (χ3v) is 5.39. The topological polar surface area (TPSA) is 150 Å². The van der Waals surface area contributed by atoms with Gasteiger partial charge in [0.15, 0.2) is 0 Å². The maximum absolute atomic E-state index is 10.4. The minimum atomic E-state index is -1.40. The molecule has 1 saturated heterocycles. The van der Waals surface area contributed by atoms with Crippen LogP contribution in [0.15, 0.2) is 16.8 Å². The predicted molar refractivity (Wildman–Crippen MR) is 85.1 cm³/mol. The fraction of sp³-hybridized carbons (Fsp3) is 0.500. The molecule has 3 heterocycles. The molecule has 0 spiro atoms. The maximum Gasteiger partial charge on any atom is 0.144 e. The van der Waals surface area contributed by atoms with Crippen LogP contribution in [0.3, 0.4) is 0 Å². The van der Waals surface area contributed by atoms with Gasteiger partial charge < -0.3 is 20.7 Å². The van der Waals surface area contributed by atoms with Gasteiger partial charge in [-0.1, -0.05) is 5.11 Å². The van der Waals surface area contributed by atoms with Gasteiger partial charge in [0.05, 0.1) is 41.0 Å². The highest BCUT2D eigenvalue weighted by Crippen LogP contribution is 2.45. The van der Waals surface area contributed by atoms with Gasteiger partial charge in [-0.2, -0.15) is 0 Å². The van der Waals surface area contributed by atoms with Crippen molar-refractivity contribution >= 4 is 39.0 Å². The molecule has 4 N–H and O–H groups in total. The van der Waals surface area contributed by atoms with Crippen LogP contribution >= 0.6 is 22.9 Å². The van der Waals surface area contributed by atoms with Crippen LogP contribution in [0, 0.1) is 0 Å². The van der Waals surface area contributed by atoms with E-state index in [1.807, 2.05) is 0 Å². The molecule has 23 heavy (non-hydrogen) atoms. The zero-order valence-electron chi connectivity index (χ0n) is 11.7. The molecule has 1 unspecified atom stereocenters. The molecule has 4 atom stereocenters. The van der Waals surface area contributed by atoms with Crippen molar-refractivity contribution in [3.63, 3.8) is 0 Å². The highest BCUT2D eigenvalue weighted by Gasteiger charge is 2.54. The van der Waals surface area contributed by atoms with Crippen LogP contribution in [0.2, 0.25) is 0 Å². The quantitative estimate of drug-likeness (QED) is 0.325. The number of halogens is 1. The molecule has 11 heteroatoms. The zero-order chi connectivity index (χ0) is 16.6. The molecule has 1 aliphatic rings. The van der Waals surface area contributed by atoms with Gasteiger partial charge in [-0.05, 0) is 10.9 Å². The number of anilines is 1. The van der Waals surface area contributed by atoms with Crippen LogP contribution in [0.25, 0.3) is 20.7 Å². The van der Waals surface area contributed by atoms with E-state index in [2.05, 4.69) is 20.0 Å². The molecule has 0 aromatic carbocycles. The van der Waals surface area contributed by atoms with Gasteiger partial charge in [0, 0.05) is 10.5 Å². The molecular formula is C12H13ClN6O3S. The summed E-state index contributed by atoms with van der Waals surface area (Å²) in [5, 5.41) is 25.4. The van der Waals surface area contributed by atoms with E-state index in [1.54, 1.807) is 5.38 Å². The number of aromatic nitrogens is 2. The number of nitrogen functional groups attached to an aromatic ring is 1. The van der Waals surface area contributed by atoms with Crippen molar-refractivity contribution in [2.24, 2.45) is 5.11 Å². The Hall–Kier alpha value is -1.68. The van der Waals surface area contributed by atoms with Crippen molar-refractivity contribution in [3.05, 3.63) is 27.7 Å². The lowest BCUT2D eigenvalue weighted by Gasteiger charge is -2.27. The number of ether oxygens (including phenoxy) is 1. The Morgan fingerprint density at radius 1 is 1.57 bits per heavy atom. The van der Waals surface area contributed by atoms with Crippen molar-refractivity contribution in [1.29, 1.82) is 0 Å². The molecule has 122 valence electrons. The number of azide groups is 1. The van der Waals surface area contributed by atoms with E-state index in [0.717, 1.165) is 0 Å². The summed E-state index contributed by atoms with van der Waals surface area (Å²) >= 11 is 7.19. The van der Waals surface area contributed by atoms with E-state index in [1.165, 1.54) is 17.7 Å². The summed E-state index contributed by atoms with van der Waals surface area (Å²) in [7, 11) is 0. The van der Waals surface area contributed by atoms with Crippen LogP contribution in [0.1, 0.15) is 11.7 Å². The van der Waals surface area contributed by atoms with Gasteiger partial charge in [-0.3, -0.25) is 0 Å². The van der Waals surface area contributed by atoms with Crippen molar-refractivity contribution in [2.75, 3.05) is 18.2 Å². The minimum Gasteiger partial charge on any atom is -0.393 e. The smallest absolute Gasteiger partial charge is 0.144 e. The Labute approximate surface area is 139 Å². The Kier molecular flexibility index (Phi) is 4.28. The second-order valence-corrected chi connectivity index (χ2v) is 6.31. The maximum atomic E-state index is 10.4. The lowest BCUT2D eigenvalue weighted by molar-refractivity contribution is -0.0965. The highest BCUT2D eigenvalue weighted by molar-refractivity contribution is 7.17. The zero-order valence-corrected chi connectivity index (χ0v) is 13.3. The summed E-state index contributed by atoms with van der Waals surface area (Å²) in [4.78, 5) is 10.9. The van der Waals surface area contributed by atoms with E-state index >= 15 is 0 Å². The number of fused-ring (bicyclic) bond motifs is 1. The molecule has 2 aromatic rings. The molecule has 9 nitrogen and oxygen atoms in total. The summed E-state index contributed by atoms with van der Waals surface area (Å²) in [5.41, 5.74) is 14.4. The minimum absolute atomic E-state index is 0.155. The first kappa shape index (κ1) is 16.2. The Bertz CT molecular complexity index is 775.